The maximum Gasteiger partial charge on any atom is 0.0823 e. The van der Waals surface area contributed by atoms with Gasteiger partial charge in [0.05, 0.1) is 12.7 Å². The Morgan fingerprint density at radius 1 is 1.55 bits per heavy atom. The molecule has 0 amide bonds. The molecule has 0 unspecified atom stereocenters. The van der Waals surface area contributed by atoms with Crippen LogP contribution < -0.4 is 5.32 Å². The predicted octanol–water partition coefficient (Wildman–Crippen LogP) is 1.33. The van der Waals surface area contributed by atoms with Crippen molar-refractivity contribution in [1.29, 1.82) is 0 Å². The number of hydrogen-bond donors (Lipinski definition) is 1. The molecule has 1 N–H and O–H groups in total. The lowest BCUT2D eigenvalue weighted by Gasteiger charge is -2.26. The molecule has 1 rings (SSSR count). The summed E-state index contributed by atoms with van der Waals surface area (Å²) in [5, 5.41) is 3.17. The van der Waals surface area contributed by atoms with E-state index in [-0.39, 0.29) is 0 Å². The highest BCUT2D eigenvalue weighted by Gasteiger charge is 2.15. The van der Waals surface area contributed by atoms with Crippen molar-refractivity contribution in [2.24, 2.45) is 0 Å². The number of ether oxygens (including phenoxy) is 1. The van der Waals surface area contributed by atoms with E-state index in [1.165, 1.54) is 5.57 Å². The van der Waals surface area contributed by atoms with Crippen LogP contribution in [0.15, 0.2) is 11.6 Å². The lowest BCUT2D eigenvalue weighted by atomic mass is 10.2. The van der Waals surface area contributed by atoms with Crippen LogP contribution in [0.2, 0.25) is 0 Å². The maximum absolute atomic E-state index is 5.52. The van der Waals surface area contributed by atoms with Gasteiger partial charge in [-0.3, -0.25) is 0 Å². The summed E-state index contributed by atoms with van der Waals surface area (Å²) >= 11 is 0. The first-order valence-corrected chi connectivity index (χ1v) is 4.24. The van der Waals surface area contributed by atoms with Gasteiger partial charge in [0.2, 0.25) is 0 Å². The molecule has 2 heteroatoms. The SMILES string of the molecule is CC(C)=CCCOC1CNC1. The van der Waals surface area contributed by atoms with E-state index in [0.717, 1.165) is 26.1 Å². The Labute approximate surface area is 68.6 Å². The molecule has 1 aliphatic heterocycles. The first-order chi connectivity index (χ1) is 5.29. The summed E-state index contributed by atoms with van der Waals surface area (Å²) in [6, 6.07) is 0. The van der Waals surface area contributed by atoms with Crippen LogP contribution in [0, 0.1) is 0 Å². The Morgan fingerprint density at radius 3 is 2.73 bits per heavy atom. The van der Waals surface area contributed by atoms with Crippen molar-refractivity contribution >= 4 is 0 Å². The summed E-state index contributed by atoms with van der Waals surface area (Å²) in [7, 11) is 0. The molecule has 0 bridgehead atoms. The van der Waals surface area contributed by atoms with E-state index in [1.54, 1.807) is 0 Å². The molecule has 0 aliphatic carbocycles. The summed E-state index contributed by atoms with van der Waals surface area (Å²) < 4.78 is 5.52. The van der Waals surface area contributed by atoms with Gasteiger partial charge in [0.15, 0.2) is 0 Å². The van der Waals surface area contributed by atoms with E-state index < -0.39 is 0 Å². The molecule has 0 aromatic carbocycles. The minimum absolute atomic E-state index is 0.487. The number of nitrogens with one attached hydrogen (secondary N) is 1. The van der Waals surface area contributed by atoms with Crippen molar-refractivity contribution in [2.45, 2.75) is 26.4 Å². The third kappa shape index (κ3) is 3.54. The molecule has 0 saturated carbocycles. The molecule has 0 aromatic rings. The molecular weight excluding hydrogens is 138 g/mol. The van der Waals surface area contributed by atoms with Crippen LogP contribution in [0.25, 0.3) is 0 Å². The standard InChI is InChI=1S/C9H17NO/c1-8(2)4-3-5-11-9-6-10-7-9/h4,9-10H,3,5-7H2,1-2H3. The minimum Gasteiger partial charge on any atom is -0.375 e. The van der Waals surface area contributed by atoms with Gasteiger partial charge in [-0.15, -0.1) is 0 Å². The van der Waals surface area contributed by atoms with Gasteiger partial charge in [-0.25, -0.2) is 0 Å². The summed E-state index contributed by atoms with van der Waals surface area (Å²) in [6.45, 7) is 7.18. The van der Waals surface area contributed by atoms with Crippen molar-refractivity contribution in [3.05, 3.63) is 11.6 Å². The second-order valence-corrected chi connectivity index (χ2v) is 3.22. The van der Waals surface area contributed by atoms with Crippen LogP contribution in [0.5, 0.6) is 0 Å². The molecular formula is C9H17NO. The second kappa shape index (κ2) is 4.52. The third-order valence-electron chi connectivity index (χ3n) is 1.77. The van der Waals surface area contributed by atoms with Crippen LogP contribution in [-0.2, 0) is 4.74 Å². The van der Waals surface area contributed by atoms with Gasteiger partial charge in [0.25, 0.3) is 0 Å². The first-order valence-electron chi connectivity index (χ1n) is 4.24. The van der Waals surface area contributed by atoms with Gasteiger partial charge in [-0.05, 0) is 20.3 Å². The van der Waals surface area contributed by atoms with E-state index in [9.17, 15) is 0 Å². The number of rotatable bonds is 4. The molecule has 2 nitrogen and oxygen atoms in total. The van der Waals surface area contributed by atoms with Gasteiger partial charge in [-0.2, -0.15) is 0 Å². The van der Waals surface area contributed by atoms with Crippen LogP contribution >= 0.6 is 0 Å². The molecule has 0 aromatic heterocycles. The summed E-state index contributed by atoms with van der Waals surface area (Å²) in [5.74, 6) is 0. The smallest absolute Gasteiger partial charge is 0.0823 e. The van der Waals surface area contributed by atoms with Crippen molar-refractivity contribution in [2.75, 3.05) is 19.7 Å². The summed E-state index contributed by atoms with van der Waals surface area (Å²) in [4.78, 5) is 0. The fourth-order valence-electron chi connectivity index (χ4n) is 0.962. The second-order valence-electron chi connectivity index (χ2n) is 3.22. The van der Waals surface area contributed by atoms with Crippen molar-refractivity contribution < 1.29 is 4.74 Å². The quantitative estimate of drug-likeness (QED) is 0.488. The van der Waals surface area contributed by atoms with Crippen molar-refractivity contribution in [1.82, 2.24) is 5.32 Å². The highest BCUT2D eigenvalue weighted by molar-refractivity contribution is 4.92. The molecule has 0 spiro atoms. The molecule has 0 atom stereocenters. The van der Waals surface area contributed by atoms with Crippen molar-refractivity contribution in [3.63, 3.8) is 0 Å². The topological polar surface area (TPSA) is 21.3 Å². The maximum atomic E-state index is 5.52. The number of hydrogen-bond acceptors (Lipinski definition) is 2. The Balaban J connectivity index is 1.91. The van der Waals surface area contributed by atoms with Gasteiger partial charge in [-0.1, -0.05) is 11.6 Å². The van der Waals surface area contributed by atoms with E-state index in [1.807, 2.05) is 0 Å². The van der Waals surface area contributed by atoms with Gasteiger partial charge in [0, 0.05) is 13.1 Å². The molecule has 0 radical (unpaired) electrons. The summed E-state index contributed by atoms with van der Waals surface area (Å²) in [6.07, 6.45) is 3.76. The average molecular weight is 155 g/mol. The van der Waals surface area contributed by atoms with E-state index >= 15 is 0 Å². The van der Waals surface area contributed by atoms with Crippen molar-refractivity contribution in [3.8, 4) is 0 Å². The Bertz CT molecular complexity index is 134. The largest absolute Gasteiger partial charge is 0.375 e. The molecule has 11 heavy (non-hydrogen) atoms. The lowest BCUT2D eigenvalue weighted by molar-refractivity contribution is 0.0216. The zero-order valence-electron chi connectivity index (χ0n) is 7.39. The van der Waals surface area contributed by atoms with Gasteiger partial charge < -0.3 is 10.1 Å². The fraction of sp³-hybridized carbons (Fsp3) is 0.778. The molecule has 1 aliphatic rings. The molecule has 1 fully saturated rings. The molecule has 1 heterocycles. The molecule has 1 saturated heterocycles. The predicted molar refractivity (Wildman–Crippen MR) is 46.7 cm³/mol. The normalized spacial score (nSPS) is 17.6. The highest BCUT2D eigenvalue weighted by Crippen LogP contribution is 2.00. The van der Waals surface area contributed by atoms with Crippen LogP contribution in [0.3, 0.4) is 0 Å². The Hall–Kier alpha value is -0.340. The van der Waals surface area contributed by atoms with E-state index in [2.05, 4.69) is 25.2 Å². The zero-order valence-corrected chi connectivity index (χ0v) is 7.39. The lowest BCUT2D eigenvalue weighted by Crippen LogP contribution is -2.48. The minimum atomic E-state index is 0.487. The Morgan fingerprint density at radius 2 is 2.27 bits per heavy atom. The fourth-order valence-corrected chi connectivity index (χ4v) is 0.962. The Kier molecular flexibility index (Phi) is 3.60. The van der Waals surface area contributed by atoms with Gasteiger partial charge >= 0.3 is 0 Å². The van der Waals surface area contributed by atoms with Gasteiger partial charge in [0.1, 0.15) is 0 Å². The van der Waals surface area contributed by atoms with Crippen LogP contribution in [0.4, 0.5) is 0 Å². The van der Waals surface area contributed by atoms with E-state index in [4.69, 9.17) is 4.74 Å². The zero-order chi connectivity index (χ0) is 8.10. The molecule has 64 valence electrons. The first kappa shape index (κ1) is 8.75. The van der Waals surface area contributed by atoms with Crippen LogP contribution in [-0.4, -0.2) is 25.8 Å². The average Bonchev–Trinajstić information content (AvgIpc) is 1.82. The van der Waals surface area contributed by atoms with Crippen LogP contribution in [0.1, 0.15) is 20.3 Å². The third-order valence-corrected chi connectivity index (χ3v) is 1.77. The monoisotopic (exact) mass is 155 g/mol. The highest BCUT2D eigenvalue weighted by atomic mass is 16.5. The van der Waals surface area contributed by atoms with E-state index in [0.29, 0.717) is 6.10 Å². The number of allylic oxidation sites excluding steroid dienone is 1. The summed E-state index contributed by atoms with van der Waals surface area (Å²) in [5.41, 5.74) is 1.38.